The van der Waals surface area contributed by atoms with Crippen LogP contribution < -0.4 is 9.47 Å². The molecule has 0 amide bonds. The van der Waals surface area contributed by atoms with Gasteiger partial charge in [0.1, 0.15) is 36.4 Å². The monoisotopic (exact) mass is 508 g/mol. The first-order valence-corrected chi connectivity index (χ1v) is 12.0. The molecule has 0 bridgehead atoms. The minimum Gasteiger partial charge on any atom is -0.489 e. The molecule has 0 aliphatic carbocycles. The zero-order valence-corrected chi connectivity index (χ0v) is 21.0. The third-order valence-corrected chi connectivity index (χ3v) is 6.66. The quantitative estimate of drug-likeness (QED) is 0.398. The van der Waals surface area contributed by atoms with Gasteiger partial charge >= 0.3 is 5.97 Å². The molecule has 0 unspecified atom stereocenters. The molecule has 0 radical (unpaired) electrons. The molecule has 5 atom stereocenters. The number of rotatable bonds is 8. The molecule has 3 aromatic rings. The van der Waals surface area contributed by atoms with Crippen LogP contribution >= 0.6 is 0 Å². The molecule has 1 heterocycles. The molecule has 3 N–H and O–H groups in total. The molecule has 1 saturated heterocycles. The highest BCUT2D eigenvalue weighted by Gasteiger charge is 2.48. The number of hydrogen-bond donors (Lipinski definition) is 3. The van der Waals surface area contributed by atoms with E-state index in [1.165, 1.54) is 0 Å². The Balaban J connectivity index is 1.41. The van der Waals surface area contributed by atoms with Gasteiger partial charge in [0, 0.05) is 5.41 Å². The van der Waals surface area contributed by atoms with Crippen molar-refractivity contribution in [1.82, 2.24) is 0 Å². The first kappa shape index (κ1) is 26.6. The molecular weight excluding hydrogens is 476 g/mol. The third kappa shape index (κ3) is 5.94. The van der Waals surface area contributed by atoms with Gasteiger partial charge in [-0.15, -0.1) is 0 Å². The molecule has 37 heavy (non-hydrogen) atoms. The summed E-state index contributed by atoms with van der Waals surface area (Å²) in [6.07, 6.45) is -7.69. The minimum absolute atomic E-state index is 0.326. The van der Waals surface area contributed by atoms with Crippen LogP contribution in [0.4, 0.5) is 0 Å². The Morgan fingerprint density at radius 2 is 1.38 bits per heavy atom. The van der Waals surface area contributed by atoms with Gasteiger partial charge in [0.2, 0.25) is 6.29 Å². The van der Waals surface area contributed by atoms with Crippen molar-refractivity contribution in [2.75, 3.05) is 7.11 Å². The molecule has 1 aliphatic heterocycles. The van der Waals surface area contributed by atoms with Crippen LogP contribution in [0.5, 0.6) is 11.5 Å². The molecule has 0 saturated carbocycles. The molecule has 8 nitrogen and oxygen atoms in total. The van der Waals surface area contributed by atoms with Crippen molar-refractivity contribution in [2.45, 2.75) is 56.6 Å². The van der Waals surface area contributed by atoms with E-state index in [1.54, 1.807) is 12.1 Å². The van der Waals surface area contributed by atoms with Crippen molar-refractivity contribution >= 4 is 5.97 Å². The van der Waals surface area contributed by atoms with Gasteiger partial charge in [0.15, 0.2) is 6.10 Å². The van der Waals surface area contributed by atoms with Crippen molar-refractivity contribution in [2.24, 2.45) is 0 Å². The number of ether oxygens (including phenoxy) is 4. The van der Waals surface area contributed by atoms with Gasteiger partial charge in [0.05, 0.1) is 7.11 Å². The Hall–Kier alpha value is -3.43. The first-order valence-electron chi connectivity index (χ1n) is 12.0. The molecule has 4 rings (SSSR count). The van der Waals surface area contributed by atoms with Crippen molar-refractivity contribution in [3.05, 3.63) is 95.6 Å². The van der Waals surface area contributed by atoms with Crippen LogP contribution in [0.1, 0.15) is 30.5 Å². The molecule has 1 aliphatic rings. The maximum absolute atomic E-state index is 11.9. The summed E-state index contributed by atoms with van der Waals surface area (Å²) in [7, 11) is 1.14. The van der Waals surface area contributed by atoms with Crippen LogP contribution in [-0.2, 0) is 26.3 Å². The van der Waals surface area contributed by atoms with Crippen molar-refractivity contribution in [1.29, 1.82) is 0 Å². The van der Waals surface area contributed by atoms with E-state index in [1.807, 2.05) is 66.7 Å². The number of hydrogen-bond acceptors (Lipinski definition) is 8. The van der Waals surface area contributed by atoms with Gasteiger partial charge in [-0.3, -0.25) is 0 Å². The van der Waals surface area contributed by atoms with E-state index >= 15 is 0 Å². The maximum Gasteiger partial charge on any atom is 0.337 e. The second kappa shape index (κ2) is 11.3. The van der Waals surface area contributed by atoms with E-state index < -0.39 is 36.7 Å². The number of esters is 1. The van der Waals surface area contributed by atoms with Gasteiger partial charge in [-0.2, -0.15) is 0 Å². The zero-order valence-electron chi connectivity index (χ0n) is 21.0. The second-order valence-electron chi connectivity index (χ2n) is 9.49. The number of benzene rings is 3. The molecule has 1 fully saturated rings. The number of carbonyl (C=O) groups is 1. The zero-order chi connectivity index (χ0) is 26.6. The number of carbonyl (C=O) groups excluding carboxylic acids is 1. The van der Waals surface area contributed by atoms with Crippen LogP contribution in [-0.4, -0.2) is 59.1 Å². The molecule has 3 aromatic carbocycles. The summed E-state index contributed by atoms with van der Waals surface area (Å²) in [5, 5.41) is 30.4. The van der Waals surface area contributed by atoms with Crippen molar-refractivity contribution < 1.29 is 39.1 Å². The highest BCUT2D eigenvalue weighted by atomic mass is 16.7. The first-order chi connectivity index (χ1) is 17.7. The molecular formula is C29H32O8. The van der Waals surface area contributed by atoms with Crippen LogP contribution in [0.2, 0.25) is 0 Å². The van der Waals surface area contributed by atoms with Gasteiger partial charge in [-0.1, -0.05) is 68.4 Å². The van der Waals surface area contributed by atoms with Crippen molar-refractivity contribution in [3.63, 3.8) is 0 Å². The lowest BCUT2D eigenvalue weighted by Crippen LogP contribution is -2.61. The highest BCUT2D eigenvalue weighted by molar-refractivity contribution is 5.75. The van der Waals surface area contributed by atoms with Gasteiger partial charge in [0.25, 0.3) is 0 Å². The standard InChI is InChI=1S/C29H32O8/c1-29(2,19-9-13-21(14-10-19)35-17-18-7-5-4-6-8-18)20-11-15-22(16-12-20)36-28-25(32)23(30)24(31)26(37-28)27(33)34-3/h4-16,23-26,28,30-32H,17H2,1-3H3/t23-,24-,25+,26-,28+/m0/s1. The maximum atomic E-state index is 11.9. The summed E-state index contributed by atoms with van der Waals surface area (Å²) in [5.41, 5.74) is 2.89. The fraction of sp³-hybridized carbons (Fsp3) is 0.345. The lowest BCUT2D eigenvalue weighted by molar-refractivity contribution is -0.271. The van der Waals surface area contributed by atoms with Gasteiger partial charge in [-0.25, -0.2) is 4.79 Å². The normalized spacial score (nSPS) is 23.8. The SMILES string of the molecule is COC(=O)[C@H]1O[C@@H](Oc2ccc(C(C)(C)c3ccc(OCc4ccccc4)cc3)cc2)[C@H](O)[C@@H](O)[C@@H]1O. The molecule has 196 valence electrons. The lowest BCUT2D eigenvalue weighted by atomic mass is 9.78. The van der Waals surface area contributed by atoms with E-state index in [2.05, 4.69) is 18.6 Å². The average molecular weight is 509 g/mol. The Labute approximate surface area is 216 Å². The number of methoxy groups -OCH3 is 1. The topological polar surface area (TPSA) is 115 Å². The number of aliphatic hydroxyl groups is 3. The lowest BCUT2D eigenvalue weighted by Gasteiger charge is -2.38. The predicted octanol–water partition coefficient (Wildman–Crippen LogP) is 2.95. The van der Waals surface area contributed by atoms with E-state index in [0.29, 0.717) is 12.4 Å². The van der Waals surface area contributed by atoms with E-state index in [0.717, 1.165) is 29.5 Å². The number of aliphatic hydroxyl groups excluding tert-OH is 3. The summed E-state index contributed by atoms with van der Waals surface area (Å²) >= 11 is 0. The summed E-state index contributed by atoms with van der Waals surface area (Å²) < 4.78 is 21.6. The fourth-order valence-corrected chi connectivity index (χ4v) is 4.22. The summed E-state index contributed by atoms with van der Waals surface area (Å²) in [6, 6.07) is 25.2. The Morgan fingerprint density at radius 1 is 0.811 bits per heavy atom. The minimum atomic E-state index is -1.64. The predicted molar refractivity (Wildman–Crippen MR) is 135 cm³/mol. The summed E-state index contributed by atoms with van der Waals surface area (Å²) in [4.78, 5) is 11.9. The Morgan fingerprint density at radius 3 is 1.95 bits per heavy atom. The van der Waals surface area contributed by atoms with E-state index in [9.17, 15) is 20.1 Å². The summed E-state index contributed by atoms with van der Waals surface area (Å²) in [5.74, 6) is 0.275. The molecule has 0 aromatic heterocycles. The van der Waals surface area contributed by atoms with Crippen molar-refractivity contribution in [3.8, 4) is 11.5 Å². The van der Waals surface area contributed by atoms with Crippen LogP contribution in [0, 0.1) is 0 Å². The third-order valence-electron chi connectivity index (χ3n) is 6.66. The average Bonchev–Trinajstić information content (AvgIpc) is 2.93. The van der Waals surface area contributed by atoms with Gasteiger partial charge < -0.3 is 34.3 Å². The smallest absolute Gasteiger partial charge is 0.337 e. The summed E-state index contributed by atoms with van der Waals surface area (Å²) in [6.45, 7) is 4.71. The second-order valence-corrected chi connectivity index (χ2v) is 9.49. The van der Waals surface area contributed by atoms with E-state index in [-0.39, 0.29) is 5.41 Å². The molecule has 0 spiro atoms. The van der Waals surface area contributed by atoms with Crippen LogP contribution in [0.3, 0.4) is 0 Å². The Bertz CT molecular complexity index is 1160. The van der Waals surface area contributed by atoms with Gasteiger partial charge in [-0.05, 0) is 41.0 Å². The van der Waals surface area contributed by atoms with Crippen LogP contribution in [0.15, 0.2) is 78.9 Å². The van der Waals surface area contributed by atoms with E-state index in [4.69, 9.17) is 14.2 Å². The van der Waals surface area contributed by atoms with Crippen LogP contribution in [0.25, 0.3) is 0 Å². The largest absolute Gasteiger partial charge is 0.489 e. The molecule has 8 heteroatoms. The Kier molecular flexibility index (Phi) is 8.14. The fourth-order valence-electron chi connectivity index (χ4n) is 4.22. The highest BCUT2D eigenvalue weighted by Crippen LogP contribution is 2.34.